The van der Waals surface area contributed by atoms with Gasteiger partial charge in [-0.25, -0.2) is 4.39 Å². The quantitative estimate of drug-likeness (QED) is 0.802. The van der Waals surface area contributed by atoms with E-state index < -0.39 is 0 Å². The van der Waals surface area contributed by atoms with Gasteiger partial charge in [0.15, 0.2) is 0 Å². The molecule has 0 aromatic heterocycles. The van der Waals surface area contributed by atoms with Gasteiger partial charge in [0.25, 0.3) is 0 Å². The first kappa shape index (κ1) is 12.2. The third-order valence-corrected chi connectivity index (χ3v) is 2.96. The molecule has 0 fully saturated rings. The highest BCUT2D eigenvalue weighted by Gasteiger charge is 2.11. The lowest BCUT2D eigenvalue weighted by Gasteiger charge is -2.18. The van der Waals surface area contributed by atoms with Crippen molar-refractivity contribution < 1.29 is 4.39 Å². The lowest BCUT2D eigenvalue weighted by atomic mass is 9.91. The molecule has 1 aromatic rings. The summed E-state index contributed by atoms with van der Waals surface area (Å²) >= 11 is 0. The van der Waals surface area contributed by atoms with Crippen LogP contribution in [0, 0.1) is 12.7 Å². The summed E-state index contributed by atoms with van der Waals surface area (Å²) in [5, 5.41) is 3.22. The molecule has 0 saturated carbocycles. The van der Waals surface area contributed by atoms with Crippen LogP contribution in [0.3, 0.4) is 0 Å². The molecule has 15 heavy (non-hydrogen) atoms. The molecule has 1 aromatic carbocycles. The lowest BCUT2D eigenvalue weighted by molar-refractivity contribution is 0.514. The fourth-order valence-corrected chi connectivity index (χ4v) is 1.97. The van der Waals surface area contributed by atoms with Crippen LogP contribution in [0.2, 0.25) is 0 Å². The number of aryl methyl sites for hydroxylation is 1. The van der Waals surface area contributed by atoms with Crippen LogP contribution in [0.4, 0.5) is 4.39 Å². The van der Waals surface area contributed by atoms with Gasteiger partial charge in [-0.1, -0.05) is 13.0 Å². The molecule has 1 rings (SSSR count). The summed E-state index contributed by atoms with van der Waals surface area (Å²) in [6.45, 7) is 6.32. The Labute approximate surface area is 91.7 Å². The minimum Gasteiger partial charge on any atom is -0.317 e. The second kappa shape index (κ2) is 5.26. The average molecular weight is 209 g/mol. The van der Waals surface area contributed by atoms with E-state index in [9.17, 15) is 4.39 Å². The summed E-state index contributed by atoms with van der Waals surface area (Å²) in [6.07, 6.45) is 1.07. The molecule has 84 valence electrons. The van der Waals surface area contributed by atoms with Crippen LogP contribution in [-0.4, -0.2) is 13.1 Å². The predicted molar refractivity (Wildman–Crippen MR) is 62.7 cm³/mol. The standard InChI is InChI=1S/C13H20FN/c1-9(7-11(3)15-4)13-6-5-12(14)8-10(13)2/h5-6,8-9,11,15H,7H2,1-4H3. The van der Waals surface area contributed by atoms with E-state index >= 15 is 0 Å². The molecule has 0 heterocycles. The zero-order valence-electron chi connectivity index (χ0n) is 9.97. The minimum atomic E-state index is -0.148. The Hall–Kier alpha value is -0.890. The molecule has 0 radical (unpaired) electrons. The van der Waals surface area contributed by atoms with E-state index in [2.05, 4.69) is 19.2 Å². The van der Waals surface area contributed by atoms with Crippen molar-refractivity contribution in [2.45, 2.75) is 39.2 Å². The summed E-state index contributed by atoms with van der Waals surface area (Å²) in [4.78, 5) is 0. The van der Waals surface area contributed by atoms with Gasteiger partial charge in [0.2, 0.25) is 0 Å². The van der Waals surface area contributed by atoms with Gasteiger partial charge in [0, 0.05) is 6.04 Å². The number of nitrogens with one attached hydrogen (secondary N) is 1. The molecule has 0 spiro atoms. The van der Waals surface area contributed by atoms with Crippen LogP contribution in [0.15, 0.2) is 18.2 Å². The van der Waals surface area contributed by atoms with Crippen LogP contribution < -0.4 is 5.32 Å². The summed E-state index contributed by atoms with van der Waals surface area (Å²) < 4.78 is 12.9. The second-order valence-corrected chi connectivity index (χ2v) is 4.33. The van der Waals surface area contributed by atoms with Gasteiger partial charge in [-0.2, -0.15) is 0 Å². The van der Waals surface area contributed by atoms with E-state index in [0.29, 0.717) is 12.0 Å². The molecular formula is C13H20FN. The number of hydrogen-bond acceptors (Lipinski definition) is 1. The number of rotatable bonds is 4. The maximum Gasteiger partial charge on any atom is 0.123 e. The smallest absolute Gasteiger partial charge is 0.123 e. The van der Waals surface area contributed by atoms with Crippen molar-refractivity contribution in [1.82, 2.24) is 5.32 Å². The number of halogens is 1. The van der Waals surface area contributed by atoms with Gasteiger partial charge in [-0.05, 0) is 56.5 Å². The maximum atomic E-state index is 12.9. The van der Waals surface area contributed by atoms with E-state index in [4.69, 9.17) is 0 Å². The van der Waals surface area contributed by atoms with E-state index in [1.54, 1.807) is 12.1 Å². The molecule has 2 heteroatoms. The molecule has 2 unspecified atom stereocenters. The highest BCUT2D eigenvalue weighted by molar-refractivity contribution is 5.29. The zero-order valence-corrected chi connectivity index (χ0v) is 9.97. The third kappa shape index (κ3) is 3.31. The van der Waals surface area contributed by atoms with Gasteiger partial charge in [0.1, 0.15) is 5.82 Å². The minimum absolute atomic E-state index is 0.148. The molecule has 1 nitrogen and oxygen atoms in total. The van der Waals surface area contributed by atoms with Gasteiger partial charge < -0.3 is 5.32 Å². The molecule has 0 saturated heterocycles. The summed E-state index contributed by atoms with van der Waals surface area (Å²) in [7, 11) is 1.97. The van der Waals surface area contributed by atoms with Crippen molar-refractivity contribution in [1.29, 1.82) is 0 Å². The fraction of sp³-hybridized carbons (Fsp3) is 0.538. The topological polar surface area (TPSA) is 12.0 Å². The van der Waals surface area contributed by atoms with Crippen molar-refractivity contribution in [3.63, 3.8) is 0 Å². The first-order chi connectivity index (χ1) is 7.04. The van der Waals surface area contributed by atoms with Crippen LogP contribution in [0.1, 0.15) is 37.3 Å². The number of hydrogen-bond donors (Lipinski definition) is 1. The highest BCUT2D eigenvalue weighted by Crippen LogP contribution is 2.24. The summed E-state index contributed by atoms with van der Waals surface area (Å²) in [5.41, 5.74) is 2.30. The fourth-order valence-electron chi connectivity index (χ4n) is 1.97. The molecule has 2 atom stereocenters. The Morgan fingerprint density at radius 3 is 2.53 bits per heavy atom. The van der Waals surface area contributed by atoms with Crippen molar-refractivity contribution in [2.75, 3.05) is 7.05 Å². The third-order valence-electron chi connectivity index (χ3n) is 2.96. The monoisotopic (exact) mass is 209 g/mol. The van der Waals surface area contributed by atoms with Gasteiger partial charge in [-0.15, -0.1) is 0 Å². The Balaban J connectivity index is 2.77. The normalized spacial score (nSPS) is 15.0. The van der Waals surface area contributed by atoms with Gasteiger partial charge in [0.05, 0.1) is 0 Å². The second-order valence-electron chi connectivity index (χ2n) is 4.33. The Morgan fingerprint density at radius 2 is 2.00 bits per heavy atom. The molecule has 0 aliphatic heterocycles. The zero-order chi connectivity index (χ0) is 11.4. The Morgan fingerprint density at radius 1 is 1.33 bits per heavy atom. The SMILES string of the molecule is CNC(C)CC(C)c1ccc(F)cc1C. The van der Waals surface area contributed by atoms with E-state index in [1.165, 1.54) is 5.56 Å². The van der Waals surface area contributed by atoms with Crippen LogP contribution >= 0.6 is 0 Å². The summed E-state index contributed by atoms with van der Waals surface area (Å²) in [5.74, 6) is 0.318. The van der Waals surface area contributed by atoms with Crippen LogP contribution in [-0.2, 0) is 0 Å². The predicted octanol–water partition coefficient (Wildman–Crippen LogP) is 3.24. The lowest BCUT2D eigenvalue weighted by Crippen LogP contribution is -2.23. The molecule has 0 aliphatic carbocycles. The first-order valence-corrected chi connectivity index (χ1v) is 5.48. The van der Waals surface area contributed by atoms with E-state index in [0.717, 1.165) is 12.0 Å². The van der Waals surface area contributed by atoms with Crippen molar-refractivity contribution in [2.24, 2.45) is 0 Å². The molecule has 0 aliphatic rings. The molecule has 0 amide bonds. The molecular weight excluding hydrogens is 189 g/mol. The number of benzene rings is 1. The summed E-state index contributed by atoms with van der Waals surface area (Å²) in [6, 6.07) is 5.54. The maximum absolute atomic E-state index is 12.9. The largest absolute Gasteiger partial charge is 0.317 e. The van der Waals surface area contributed by atoms with E-state index in [1.807, 2.05) is 20.0 Å². The van der Waals surface area contributed by atoms with Crippen LogP contribution in [0.5, 0.6) is 0 Å². The Kier molecular flexibility index (Phi) is 4.28. The van der Waals surface area contributed by atoms with Crippen LogP contribution in [0.25, 0.3) is 0 Å². The van der Waals surface area contributed by atoms with Crippen molar-refractivity contribution >= 4 is 0 Å². The first-order valence-electron chi connectivity index (χ1n) is 5.48. The average Bonchev–Trinajstić information content (AvgIpc) is 2.17. The molecule has 0 bridgehead atoms. The highest BCUT2D eigenvalue weighted by atomic mass is 19.1. The van der Waals surface area contributed by atoms with Gasteiger partial charge in [-0.3, -0.25) is 0 Å². The van der Waals surface area contributed by atoms with Crippen molar-refractivity contribution in [3.05, 3.63) is 35.1 Å². The molecule has 1 N–H and O–H groups in total. The Bertz CT molecular complexity index is 322. The van der Waals surface area contributed by atoms with Crippen molar-refractivity contribution in [3.8, 4) is 0 Å². The van der Waals surface area contributed by atoms with E-state index in [-0.39, 0.29) is 5.82 Å². The van der Waals surface area contributed by atoms with Gasteiger partial charge >= 0.3 is 0 Å².